The molecule has 6 heteroatoms. The third-order valence-corrected chi connectivity index (χ3v) is 4.59. The van der Waals surface area contributed by atoms with Gasteiger partial charge in [-0.1, -0.05) is 36.4 Å². The van der Waals surface area contributed by atoms with Crippen molar-refractivity contribution in [1.29, 1.82) is 0 Å². The van der Waals surface area contributed by atoms with E-state index in [0.29, 0.717) is 22.4 Å². The van der Waals surface area contributed by atoms with Crippen LogP contribution in [0.3, 0.4) is 0 Å². The van der Waals surface area contributed by atoms with Crippen molar-refractivity contribution < 1.29 is 4.79 Å². The maximum Gasteiger partial charge on any atom is 0.268 e. The number of hydrogen-bond acceptors (Lipinski definition) is 3. The lowest BCUT2D eigenvalue weighted by atomic mass is 10.1. The smallest absolute Gasteiger partial charge is 0.268 e. The molecule has 0 saturated carbocycles. The van der Waals surface area contributed by atoms with Crippen LogP contribution in [0.1, 0.15) is 29.0 Å². The van der Waals surface area contributed by atoms with Gasteiger partial charge in [-0.25, -0.2) is 4.98 Å². The molecule has 1 aromatic carbocycles. The topological polar surface area (TPSA) is 68.4 Å². The third kappa shape index (κ3) is 2.56. The van der Waals surface area contributed by atoms with E-state index in [4.69, 9.17) is 0 Å². The van der Waals surface area contributed by atoms with E-state index in [-0.39, 0.29) is 17.5 Å². The van der Waals surface area contributed by atoms with Gasteiger partial charge in [0.25, 0.3) is 11.5 Å². The molecule has 0 aliphatic heterocycles. The molecule has 0 fully saturated rings. The minimum atomic E-state index is -0.240. The zero-order chi connectivity index (χ0) is 18.3. The molecule has 130 valence electrons. The Morgan fingerprint density at radius 1 is 1.12 bits per heavy atom. The summed E-state index contributed by atoms with van der Waals surface area (Å²) >= 11 is 0. The Bertz CT molecular complexity index is 1180. The van der Waals surface area contributed by atoms with E-state index < -0.39 is 0 Å². The number of aryl methyl sites for hydroxylation is 1. The Hall–Kier alpha value is -3.41. The third-order valence-electron chi connectivity index (χ3n) is 4.59. The van der Waals surface area contributed by atoms with E-state index >= 15 is 0 Å². The molecule has 0 bridgehead atoms. The lowest BCUT2D eigenvalue weighted by Crippen LogP contribution is -2.28. The van der Waals surface area contributed by atoms with Gasteiger partial charge in [0.15, 0.2) is 0 Å². The fraction of sp³-hybridized carbons (Fsp3) is 0.150. The van der Waals surface area contributed by atoms with Crippen LogP contribution in [0.4, 0.5) is 0 Å². The molecule has 0 radical (unpaired) electrons. The summed E-state index contributed by atoms with van der Waals surface area (Å²) in [6.45, 7) is 1.93. The molecule has 3 heterocycles. The Labute approximate surface area is 149 Å². The maximum absolute atomic E-state index is 12.8. The predicted molar refractivity (Wildman–Crippen MR) is 100 cm³/mol. The summed E-state index contributed by atoms with van der Waals surface area (Å²) in [5, 5.41) is 3.40. The average Bonchev–Trinajstić information content (AvgIpc) is 3.00. The zero-order valence-corrected chi connectivity index (χ0v) is 14.5. The van der Waals surface area contributed by atoms with Gasteiger partial charge in [0.2, 0.25) is 0 Å². The SMILES string of the molecule is C[C@H](NC(=O)c1cc2c(=O)n3ccccc3nc2n1C)c1ccccc1. The van der Waals surface area contributed by atoms with Gasteiger partial charge < -0.3 is 9.88 Å². The largest absolute Gasteiger partial charge is 0.344 e. The summed E-state index contributed by atoms with van der Waals surface area (Å²) < 4.78 is 3.15. The lowest BCUT2D eigenvalue weighted by Gasteiger charge is -2.14. The number of nitrogens with zero attached hydrogens (tertiary/aromatic N) is 3. The van der Waals surface area contributed by atoms with Crippen molar-refractivity contribution in [3.05, 3.63) is 82.4 Å². The van der Waals surface area contributed by atoms with Gasteiger partial charge in [0.05, 0.1) is 11.4 Å². The van der Waals surface area contributed by atoms with Crippen LogP contribution in [0.25, 0.3) is 16.7 Å². The second kappa shape index (κ2) is 6.15. The number of amides is 1. The van der Waals surface area contributed by atoms with Gasteiger partial charge in [-0.3, -0.25) is 14.0 Å². The predicted octanol–water partition coefficient (Wildman–Crippen LogP) is 2.68. The van der Waals surface area contributed by atoms with Crippen LogP contribution in [0.5, 0.6) is 0 Å². The molecule has 26 heavy (non-hydrogen) atoms. The number of carbonyl (C=O) groups is 1. The second-order valence-corrected chi connectivity index (χ2v) is 6.28. The maximum atomic E-state index is 12.8. The van der Waals surface area contributed by atoms with Crippen LogP contribution in [0.2, 0.25) is 0 Å². The van der Waals surface area contributed by atoms with E-state index in [9.17, 15) is 9.59 Å². The highest BCUT2D eigenvalue weighted by atomic mass is 16.2. The molecule has 1 amide bonds. The van der Waals surface area contributed by atoms with Crippen LogP contribution >= 0.6 is 0 Å². The van der Waals surface area contributed by atoms with E-state index in [1.807, 2.05) is 43.3 Å². The lowest BCUT2D eigenvalue weighted by molar-refractivity contribution is 0.0932. The van der Waals surface area contributed by atoms with Crippen LogP contribution in [-0.4, -0.2) is 19.9 Å². The molecule has 0 unspecified atom stereocenters. The number of pyridine rings is 1. The first kappa shape index (κ1) is 16.1. The normalized spacial score (nSPS) is 12.4. The molecule has 0 aliphatic rings. The molecule has 4 rings (SSSR count). The van der Waals surface area contributed by atoms with E-state index in [1.54, 1.807) is 36.0 Å². The van der Waals surface area contributed by atoms with Gasteiger partial charge in [-0.2, -0.15) is 0 Å². The van der Waals surface area contributed by atoms with Crippen molar-refractivity contribution in [1.82, 2.24) is 19.3 Å². The van der Waals surface area contributed by atoms with E-state index in [2.05, 4.69) is 10.3 Å². The Morgan fingerprint density at radius 3 is 2.62 bits per heavy atom. The number of carbonyl (C=O) groups excluding carboxylic acids is 1. The molecule has 0 aliphatic carbocycles. The molecule has 6 nitrogen and oxygen atoms in total. The quantitative estimate of drug-likeness (QED) is 0.620. The highest BCUT2D eigenvalue weighted by molar-refractivity contribution is 5.98. The summed E-state index contributed by atoms with van der Waals surface area (Å²) in [7, 11) is 1.75. The molecule has 4 aromatic rings. The average molecular weight is 346 g/mol. The van der Waals surface area contributed by atoms with Crippen molar-refractivity contribution in [3.8, 4) is 0 Å². The van der Waals surface area contributed by atoms with Gasteiger partial charge in [0, 0.05) is 13.2 Å². The van der Waals surface area contributed by atoms with Crippen molar-refractivity contribution in [3.63, 3.8) is 0 Å². The first-order valence-electron chi connectivity index (χ1n) is 8.39. The van der Waals surface area contributed by atoms with Crippen LogP contribution in [-0.2, 0) is 7.05 Å². The molecular formula is C20H18N4O2. The standard InChI is InChI=1S/C20H18N4O2/c1-13(14-8-4-3-5-9-14)21-19(25)16-12-15-18(23(16)2)22-17-10-6-7-11-24(17)20(15)26/h3-13H,1-2H3,(H,21,25)/t13-/m0/s1. The summed E-state index contributed by atoms with van der Waals surface area (Å²) in [6, 6.07) is 16.6. The highest BCUT2D eigenvalue weighted by Crippen LogP contribution is 2.17. The summed E-state index contributed by atoms with van der Waals surface area (Å²) in [5.74, 6) is -0.240. The Morgan fingerprint density at radius 2 is 1.85 bits per heavy atom. The molecule has 1 N–H and O–H groups in total. The monoisotopic (exact) mass is 346 g/mol. The molecule has 0 spiro atoms. The van der Waals surface area contributed by atoms with Crippen molar-refractivity contribution in [2.45, 2.75) is 13.0 Å². The number of rotatable bonds is 3. The van der Waals surface area contributed by atoms with Crippen LogP contribution in [0, 0.1) is 0 Å². The summed E-state index contributed by atoms with van der Waals surface area (Å²) in [5.41, 5.74) is 2.29. The number of nitrogens with one attached hydrogen (secondary N) is 1. The van der Waals surface area contributed by atoms with E-state index in [0.717, 1.165) is 5.56 Å². The van der Waals surface area contributed by atoms with Crippen LogP contribution < -0.4 is 10.9 Å². The molecule has 3 aromatic heterocycles. The second-order valence-electron chi connectivity index (χ2n) is 6.28. The fourth-order valence-electron chi connectivity index (χ4n) is 3.13. The first-order chi connectivity index (χ1) is 12.6. The number of hydrogen-bond donors (Lipinski definition) is 1. The van der Waals surface area contributed by atoms with Gasteiger partial charge in [-0.15, -0.1) is 0 Å². The van der Waals surface area contributed by atoms with E-state index in [1.165, 1.54) is 4.40 Å². The first-order valence-corrected chi connectivity index (χ1v) is 8.39. The number of aromatic nitrogens is 3. The molecule has 0 saturated heterocycles. The van der Waals surface area contributed by atoms with Crippen molar-refractivity contribution in [2.75, 3.05) is 0 Å². The van der Waals surface area contributed by atoms with Gasteiger partial charge >= 0.3 is 0 Å². The van der Waals surface area contributed by atoms with Gasteiger partial charge in [0.1, 0.15) is 17.0 Å². The van der Waals surface area contributed by atoms with Crippen LogP contribution in [0.15, 0.2) is 65.6 Å². The highest BCUT2D eigenvalue weighted by Gasteiger charge is 2.19. The fourth-order valence-corrected chi connectivity index (χ4v) is 3.13. The minimum absolute atomic E-state index is 0.144. The Balaban J connectivity index is 1.76. The summed E-state index contributed by atoms with van der Waals surface area (Å²) in [4.78, 5) is 30.0. The molecular weight excluding hydrogens is 328 g/mol. The Kier molecular flexibility index (Phi) is 3.80. The van der Waals surface area contributed by atoms with Crippen molar-refractivity contribution in [2.24, 2.45) is 7.05 Å². The zero-order valence-electron chi connectivity index (χ0n) is 14.5. The summed E-state index contributed by atoms with van der Waals surface area (Å²) in [6.07, 6.45) is 1.67. The van der Waals surface area contributed by atoms with Gasteiger partial charge in [-0.05, 0) is 30.7 Å². The number of fused-ring (bicyclic) bond motifs is 2. The number of benzene rings is 1. The van der Waals surface area contributed by atoms with Crippen molar-refractivity contribution >= 4 is 22.6 Å². The minimum Gasteiger partial charge on any atom is -0.344 e. The molecule has 1 atom stereocenters.